The van der Waals surface area contributed by atoms with E-state index in [1.807, 2.05) is 6.07 Å². The molecule has 0 fully saturated rings. The minimum absolute atomic E-state index is 0. The number of halogens is 3. The molecule has 0 aliphatic heterocycles. The van der Waals surface area contributed by atoms with Crippen molar-refractivity contribution in [2.45, 2.75) is 12.6 Å². The lowest BCUT2D eigenvalue weighted by molar-refractivity contribution is 0.180. The zero-order valence-electron chi connectivity index (χ0n) is 12.4. The number of guanidine groups is 1. The van der Waals surface area contributed by atoms with Gasteiger partial charge in [0.1, 0.15) is 11.6 Å². The average Bonchev–Trinajstić information content (AvgIpc) is 3.03. The van der Waals surface area contributed by atoms with Crippen LogP contribution >= 0.6 is 35.6 Å². The molecule has 1 aromatic heterocycles. The number of benzene rings is 1. The topological polar surface area (TPSA) is 69.8 Å². The molecule has 8 heteroatoms. The molecule has 0 saturated heterocycles. The normalized spacial score (nSPS) is 12.4. The Morgan fingerprint density at radius 1 is 1.39 bits per heavy atom. The highest BCUT2D eigenvalue weighted by Gasteiger charge is 2.11. The molecule has 2 aromatic rings. The van der Waals surface area contributed by atoms with E-state index < -0.39 is 11.9 Å². The summed E-state index contributed by atoms with van der Waals surface area (Å²) in [6.07, 6.45) is 0.709. The second-order valence-corrected chi connectivity index (χ2v) is 4.98. The van der Waals surface area contributed by atoms with Crippen molar-refractivity contribution in [1.29, 1.82) is 0 Å². The van der Waals surface area contributed by atoms with E-state index in [1.54, 1.807) is 25.4 Å². The minimum atomic E-state index is -0.881. The molecular formula is C15H18ClFIN3O2. The molecule has 0 amide bonds. The molecule has 0 aliphatic rings. The zero-order chi connectivity index (χ0) is 15.9. The van der Waals surface area contributed by atoms with Crippen LogP contribution in [0.3, 0.4) is 0 Å². The number of furan rings is 1. The second kappa shape index (κ2) is 9.74. The van der Waals surface area contributed by atoms with Crippen LogP contribution in [-0.4, -0.2) is 24.7 Å². The summed E-state index contributed by atoms with van der Waals surface area (Å²) in [5.74, 6) is 0.715. The Hall–Kier alpha value is -1.32. The lowest BCUT2D eigenvalue weighted by atomic mass is 10.1. The number of aliphatic hydroxyl groups is 1. The monoisotopic (exact) mass is 453 g/mol. The van der Waals surface area contributed by atoms with Gasteiger partial charge in [0.15, 0.2) is 5.96 Å². The van der Waals surface area contributed by atoms with Crippen molar-refractivity contribution >= 4 is 41.5 Å². The summed E-state index contributed by atoms with van der Waals surface area (Å²) in [7, 11) is 1.62. The van der Waals surface area contributed by atoms with Gasteiger partial charge in [-0.3, -0.25) is 4.99 Å². The van der Waals surface area contributed by atoms with Crippen LogP contribution in [0, 0.1) is 5.82 Å². The van der Waals surface area contributed by atoms with E-state index in [4.69, 9.17) is 16.0 Å². The van der Waals surface area contributed by atoms with Crippen LogP contribution < -0.4 is 10.6 Å². The van der Waals surface area contributed by atoms with E-state index in [0.717, 1.165) is 5.76 Å². The summed E-state index contributed by atoms with van der Waals surface area (Å²) in [5.41, 5.74) is 0.441. The minimum Gasteiger partial charge on any atom is -0.467 e. The quantitative estimate of drug-likeness (QED) is 0.370. The van der Waals surface area contributed by atoms with E-state index in [1.165, 1.54) is 12.1 Å². The summed E-state index contributed by atoms with van der Waals surface area (Å²) in [6.45, 7) is 0.650. The standard InChI is InChI=1S/C15H17ClFN3O2.HI/c1-18-15(19-8-11-3-2-6-22-11)20-9-14(21)10-4-5-12(16)13(17)7-10;/h2-7,14,21H,8-9H2,1H3,(H2,18,19,20);1H. The molecule has 1 aromatic carbocycles. The molecular weight excluding hydrogens is 436 g/mol. The van der Waals surface area contributed by atoms with Gasteiger partial charge in [-0.1, -0.05) is 17.7 Å². The van der Waals surface area contributed by atoms with Crippen molar-refractivity contribution in [1.82, 2.24) is 10.6 Å². The van der Waals surface area contributed by atoms with Crippen LogP contribution in [0.5, 0.6) is 0 Å². The van der Waals surface area contributed by atoms with Gasteiger partial charge in [0, 0.05) is 13.6 Å². The number of rotatable bonds is 5. The predicted octanol–water partition coefficient (Wildman–Crippen LogP) is 3.09. The molecule has 0 bridgehead atoms. The van der Waals surface area contributed by atoms with E-state index >= 15 is 0 Å². The average molecular weight is 454 g/mol. The number of aliphatic hydroxyl groups excluding tert-OH is 1. The summed E-state index contributed by atoms with van der Waals surface area (Å²) in [4.78, 5) is 4.03. The summed E-state index contributed by atoms with van der Waals surface area (Å²) in [5, 5.41) is 16.1. The van der Waals surface area contributed by atoms with Gasteiger partial charge in [0.25, 0.3) is 0 Å². The predicted molar refractivity (Wildman–Crippen MR) is 98.7 cm³/mol. The molecule has 0 spiro atoms. The molecule has 2 rings (SSSR count). The Kier molecular flexibility index (Phi) is 8.35. The van der Waals surface area contributed by atoms with Gasteiger partial charge in [0.05, 0.1) is 23.9 Å². The zero-order valence-corrected chi connectivity index (χ0v) is 15.5. The summed E-state index contributed by atoms with van der Waals surface area (Å²) < 4.78 is 18.6. The Morgan fingerprint density at radius 2 is 2.17 bits per heavy atom. The highest BCUT2D eigenvalue weighted by molar-refractivity contribution is 14.0. The summed E-state index contributed by atoms with van der Waals surface area (Å²) in [6, 6.07) is 7.85. The molecule has 5 nitrogen and oxygen atoms in total. The van der Waals surface area contributed by atoms with Crippen LogP contribution in [0.4, 0.5) is 4.39 Å². The first-order chi connectivity index (χ1) is 10.6. The molecule has 23 heavy (non-hydrogen) atoms. The Labute approximate surface area is 156 Å². The first kappa shape index (κ1) is 19.7. The van der Waals surface area contributed by atoms with Crippen molar-refractivity contribution in [3.63, 3.8) is 0 Å². The van der Waals surface area contributed by atoms with Gasteiger partial charge >= 0.3 is 0 Å². The van der Waals surface area contributed by atoms with Crippen LogP contribution in [0.2, 0.25) is 5.02 Å². The van der Waals surface area contributed by atoms with Gasteiger partial charge < -0.3 is 20.2 Å². The SMILES string of the molecule is CN=C(NCc1ccco1)NCC(O)c1ccc(Cl)c(F)c1.I. The molecule has 0 saturated carbocycles. The third-order valence-corrected chi connectivity index (χ3v) is 3.33. The Bertz CT molecular complexity index is 638. The van der Waals surface area contributed by atoms with Gasteiger partial charge in [-0.05, 0) is 29.8 Å². The molecule has 1 heterocycles. The fraction of sp³-hybridized carbons (Fsp3) is 0.267. The second-order valence-electron chi connectivity index (χ2n) is 4.58. The van der Waals surface area contributed by atoms with Crippen LogP contribution in [0.15, 0.2) is 46.0 Å². The number of nitrogens with zero attached hydrogens (tertiary/aromatic N) is 1. The molecule has 3 N–H and O–H groups in total. The lowest BCUT2D eigenvalue weighted by Crippen LogP contribution is -2.38. The van der Waals surface area contributed by atoms with Gasteiger partial charge in [-0.15, -0.1) is 24.0 Å². The molecule has 0 aliphatic carbocycles. The first-order valence-electron chi connectivity index (χ1n) is 6.70. The molecule has 126 valence electrons. The number of nitrogens with one attached hydrogen (secondary N) is 2. The fourth-order valence-electron chi connectivity index (χ4n) is 1.84. The van der Waals surface area contributed by atoms with Crippen LogP contribution in [0.25, 0.3) is 0 Å². The Balaban J connectivity index is 0.00000264. The maximum Gasteiger partial charge on any atom is 0.191 e. The van der Waals surface area contributed by atoms with E-state index in [9.17, 15) is 9.50 Å². The van der Waals surface area contributed by atoms with Crippen LogP contribution in [-0.2, 0) is 6.54 Å². The summed E-state index contributed by atoms with van der Waals surface area (Å²) >= 11 is 5.62. The van der Waals surface area contributed by atoms with Gasteiger partial charge in [0.2, 0.25) is 0 Å². The molecule has 1 atom stereocenters. The largest absolute Gasteiger partial charge is 0.467 e. The number of hydrogen-bond donors (Lipinski definition) is 3. The Morgan fingerprint density at radius 3 is 2.78 bits per heavy atom. The highest BCUT2D eigenvalue weighted by Crippen LogP contribution is 2.19. The molecule has 0 radical (unpaired) electrons. The van der Waals surface area contributed by atoms with Gasteiger partial charge in [-0.25, -0.2) is 4.39 Å². The smallest absolute Gasteiger partial charge is 0.191 e. The first-order valence-corrected chi connectivity index (χ1v) is 7.08. The van der Waals surface area contributed by atoms with Crippen molar-refractivity contribution in [3.8, 4) is 0 Å². The third kappa shape index (κ3) is 6.00. The maximum atomic E-state index is 13.4. The van der Waals surface area contributed by atoms with Crippen molar-refractivity contribution < 1.29 is 13.9 Å². The van der Waals surface area contributed by atoms with E-state index in [0.29, 0.717) is 18.1 Å². The van der Waals surface area contributed by atoms with Crippen molar-refractivity contribution in [2.24, 2.45) is 4.99 Å². The molecule has 1 unspecified atom stereocenters. The fourth-order valence-corrected chi connectivity index (χ4v) is 1.95. The van der Waals surface area contributed by atoms with E-state index in [-0.39, 0.29) is 35.5 Å². The van der Waals surface area contributed by atoms with Crippen molar-refractivity contribution in [2.75, 3.05) is 13.6 Å². The van der Waals surface area contributed by atoms with E-state index in [2.05, 4.69) is 15.6 Å². The maximum absolute atomic E-state index is 13.4. The van der Waals surface area contributed by atoms with Crippen LogP contribution in [0.1, 0.15) is 17.4 Å². The van der Waals surface area contributed by atoms with Crippen molar-refractivity contribution in [3.05, 3.63) is 58.8 Å². The third-order valence-electron chi connectivity index (χ3n) is 3.03. The highest BCUT2D eigenvalue weighted by atomic mass is 127. The number of aliphatic imine (C=N–C) groups is 1. The van der Waals surface area contributed by atoms with Gasteiger partial charge in [-0.2, -0.15) is 0 Å². The lowest BCUT2D eigenvalue weighted by Gasteiger charge is -2.15. The number of hydrogen-bond acceptors (Lipinski definition) is 3.